The lowest BCUT2D eigenvalue weighted by molar-refractivity contribution is -0.132. The molecule has 1 aliphatic heterocycles. The molecule has 5 rings (SSSR count). The van der Waals surface area contributed by atoms with Crippen molar-refractivity contribution in [3.05, 3.63) is 75.5 Å². The number of Topliss-reactive ketones (excluding diaryl/α,β-unsaturated/α-hetero) is 1. The zero-order chi connectivity index (χ0) is 24.9. The standard InChI is InChI=1S/C24H16F2N2O5S2/c1-32-12-5-6-15(33-2)13(10-12)21(29)18-20(16-4-3-7-34-16)28(23(31)22(18)30)24-27-19-14(26)8-11(25)9-17(19)35-24/h3-10,20,29H,1-2H3/b21-18+. The molecule has 0 bridgehead atoms. The number of hydrogen-bond donors (Lipinski definition) is 1. The number of rotatable bonds is 5. The lowest BCUT2D eigenvalue weighted by Crippen LogP contribution is -2.28. The summed E-state index contributed by atoms with van der Waals surface area (Å²) < 4.78 is 38.8. The van der Waals surface area contributed by atoms with Crippen molar-refractivity contribution < 1.29 is 33.0 Å². The number of aromatic nitrogens is 1. The van der Waals surface area contributed by atoms with E-state index in [-0.39, 0.29) is 32.2 Å². The third-order valence-electron chi connectivity index (χ3n) is 5.53. The van der Waals surface area contributed by atoms with Gasteiger partial charge in [-0.25, -0.2) is 13.8 Å². The molecule has 2 aromatic carbocycles. The van der Waals surface area contributed by atoms with Gasteiger partial charge in [-0.2, -0.15) is 0 Å². The summed E-state index contributed by atoms with van der Waals surface area (Å²) in [5.41, 5.74) is -0.147. The highest BCUT2D eigenvalue weighted by Crippen LogP contribution is 2.46. The summed E-state index contributed by atoms with van der Waals surface area (Å²) in [6.07, 6.45) is 0. The maximum absolute atomic E-state index is 14.3. The molecule has 1 saturated heterocycles. The van der Waals surface area contributed by atoms with Crippen molar-refractivity contribution >= 4 is 55.5 Å². The molecule has 0 saturated carbocycles. The number of thiophene rings is 1. The topological polar surface area (TPSA) is 89.0 Å². The average molecular weight is 515 g/mol. The summed E-state index contributed by atoms with van der Waals surface area (Å²) in [4.78, 5) is 32.4. The number of carbonyl (C=O) groups excluding carboxylic acids is 2. The van der Waals surface area contributed by atoms with Crippen molar-refractivity contribution in [3.63, 3.8) is 0 Å². The minimum Gasteiger partial charge on any atom is -0.507 e. The van der Waals surface area contributed by atoms with Crippen LogP contribution in [0.3, 0.4) is 0 Å². The minimum absolute atomic E-state index is 0.00153. The van der Waals surface area contributed by atoms with Crippen molar-refractivity contribution in [2.24, 2.45) is 0 Å². The number of carbonyl (C=O) groups is 2. The van der Waals surface area contributed by atoms with E-state index in [0.29, 0.717) is 16.7 Å². The van der Waals surface area contributed by atoms with Crippen LogP contribution in [0, 0.1) is 11.6 Å². The second kappa shape index (κ2) is 8.75. The van der Waals surface area contributed by atoms with Gasteiger partial charge in [-0.1, -0.05) is 17.4 Å². The quantitative estimate of drug-likeness (QED) is 0.222. The predicted molar refractivity (Wildman–Crippen MR) is 128 cm³/mol. The molecule has 11 heteroatoms. The Hall–Kier alpha value is -3.83. The highest BCUT2D eigenvalue weighted by Gasteiger charge is 2.49. The molecule has 178 valence electrons. The summed E-state index contributed by atoms with van der Waals surface area (Å²) in [6.45, 7) is 0. The molecule has 35 heavy (non-hydrogen) atoms. The molecule has 1 fully saturated rings. The lowest BCUT2D eigenvalue weighted by atomic mass is 9.99. The Labute approximate surface area is 205 Å². The van der Waals surface area contributed by atoms with Crippen LogP contribution < -0.4 is 14.4 Å². The number of ether oxygens (including phenoxy) is 2. The Morgan fingerprint density at radius 2 is 1.91 bits per heavy atom. The number of aliphatic hydroxyl groups is 1. The summed E-state index contributed by atoms with van der Waals surface area (Å²) >= 11 is 2.14. The van der Waals surface area contributed by atoms with Crippen LogP contribution >= 0.6 is 22.7 Å². The molecule has 2 aromatic heterocycles. The Morgan fingerprint density at radius 1 is 1.11 bits per heavy atom. The molecule has 1 aliphatic rings. The maximum Gasteiger partial charge on any atom is 0.301 e. The van der Waals surface area contributed by atoms with Gasteiger partial charge in [-0.15, -0.1) is 11.3 Å². The van der Waals surface area contributed by atoms with E-state index in [2.05, 4.69) is 4.98 Å². The highest BCUT2D eigenvalue weighted by atomic mass is 32.1. The number of halogens is 2. The van der Waals surface area contributed by atoms with Crippen LogP contribution in [0.5, 0.6) is 11.5 Å². The average Bonchev–Trinajstić information content (AvgIpc) is 3.57. The Bertz CT molecular complexity index is 1510. The fraction of sp³-hybridized carbons (Fsp3) is 0.125. The van der Waals surface area contributed by atoms with Crippen LogP contribution in [-0.2, 0) is 9.59 Å². The van der Waals surface area contributed by atoms with E-state index >= 15 is 0 Å². The molecule has 0 radical (unpaired) electrons. The van der Waals surface area contributed by atoms with Gasteiger partial charge in [0.1, 0.15) is 34.6 Å². The predicted octanol–water partition coefficient (Wildman–Crippen LogP) is 5.28. The van der Waals surface area contributed by atoms with E-state index in [1.807, 2.05) is 0 Å². The Morgan fingerprint density at radius 3 is 2.60 bits per heavy atom. The number of nitrogens with zero attached hydrogens (tertiary/aromatic N) is 2. The van der Waals surface area contributed by atoms with Crippen LogP contribution in [-0.4, -0.2) is 36.0 Å². The van der Waals surface area contributed by atoms with Gasteiger partial charge in [-0.05, 0) is 35.7 Å². The second-order valence-electron chi connectivity index (χ2n) is 7.48. The first kappa shape index (κ1) is 22.9. The minimum atomic E-state index is -1.04. The largest absolute Gasteiger partial charge is 0.507 e. The molecule has 1 unspecified atom stereocenters. The molecule has 1 amide bonds. The van der Waals surface area contributed by atoms with E-state index in [4.69, 9.17) is 9.47 Å². The summed E-state index contributed by atoms with van der Waals surface area (Å²) in [6, 6.07) is 8.89. The number of amides is 1. The zero-order valence-electron chi connectivity index (χ0n) is 18.2. The van der Waals surface area contributed by atoms with Crippen molar-refractivity contribution in [2.45, 2.75) is 6.04 Å². The monoisotopic (exact) mass is 514 g/mol. The van der Waals surface area contributed by atoms with E-state index < -0.39 is 35.1 Å². The molecule has 7 nitrogen and oxygen atoms in total. The number of thiazole rings is 1. The molecule has 1 N–H and O–H groups in total. The number of anilines is 1. The normalized spacial score (nSPS) is 17.4. The van der Waals surface area contributed by atoms with E-state index in [1.54, 1.807) is 29.6 Å². The van der Waals surface area contributed by atoms with Crippen LogP contribution in [0.25, 0.3) is 16.0 Å². The van der Waals surface area contributed by atoms with Crippen LogP contribution in [0.4, 0.5) is 13.9 Å². The number of hydrogen-bond acceptors (Lipinski definition) is 8. The Kier molecular flexibility index (Phi) is 5.73. The first-order valence-corrected chi connectivity index (χ1v) is 11.9. The lowest BCUT2D eigenvalue weighted by Gasteiger charge is -2.21. The molecule has 4 aromatic rings. The van der Waals surface area contributed by atoms with E-state index in [0.717, 1.165) is 22.3 Å². The molecule has 0 aliphatic carbocycles. The second-order valence-corrected chi connectivity index (χ2v) is 9.47. The molecule has 1 atom stereocenters. The third kappa shape index (κ3) is 3.72. The summed E-state index contributed by atoms with van der Waals surface area (Å²) in [7, 11) is 2.86. The van der Waals surface area contributed by atoms with Gasteiger partial charge in [0.2, 0.25) is 0 Å². The van der Waals surface area contributed by atoms with Gasteiger partial charge in [0.05, 0.1) is 30.1 Å². The van der Waals surface area contributed by atoms with Crippen molar-refractivity contribution in [3.8, 4) is 11.5 Å². The third-order valence-corrected chi connectivity index (χ3v) is 7.45. The van der Waals surface area contributed by atoms with Crippen LogP contribution in [0.1, 0.15) is 16.5 Å². The van der Waals surface area contributed by atoms with Gasteiger partial charge in [-0.3, -0.25) is 14.5 Å². The highest BCUT2D eigenvalue weighted by molar-refractivity contribution is 7.22. The van der Waals surface area contributed by atoms with Gasteiger partial charge in [0.25, 0.3) is 5.78 Å². The smallest absolute Gasteiger partial charge is 0.301 e. The van der Waals surface area contributed by atoms with Crippen LogP contribution in [0.2, 0.25) is 0 Å². The number of methoxy groups -OCH3 is 2. The van der Waals surface area contributed by atoms with Crippen molar-refractivity contribution in [1.29, 1.82) is 0 Å². The SMILES string of the molecule is COc1ccc(OC)c(/C(O)=C2\C(=O)C(=O)N(c3nc4c(F)cc(F)cc4s3)C2c2cccs2)c1. The number of fused-ring (bicyclic) bond motifs is 1. The summed E-state index contributed by atoms with van der Waals surface area (Å²) in [5.74, 6) is -3.36. The summed E-state index contributed by atoms with van der Waals surface area (Å²) in [5, 5.41) is 13.1. The molecule has 0 spiro atoms. The van der Waals surface area contributed by atoms with Gasteiger partial charge in [0.15, 0.2) is 10.9 Å². The first-order valence-electron chi connectivity index (χ1n) is 10.2. The van der Waals surface area contributed by atoms with Gasteiger partial charge < -0.3 is 14.6 Å². The fourth-order valence-electron chi connectivity index (χ4n) is 3.94. The fourth-order valence-corrected chi connectivity index (χ4v) is 5.79. The van der Waals surface area contributed by atoms with Gasteiger partial charge >= 0.3 is 5.91 Å². The molecular formula is C24H16F2N2O5S2. The first-order chi connectivity index (χ1) is 16.8. The number of ketones is 1. The van der Waals surface area contributed by atoms with E-state index in [1.165, 1.54) is 31.6 Å². The molecule has 3 heterocycles. The number of benzene rings is 2. The van der Waals surface area contributed by atoms with E-state index in [9.17, 15) is 23.5 Å². The Balaban J connectivity index is 1.74. The maximum atomic E-state index is 14.3. The van der Waals surface area contributed by atoms with Gasteiger partial charge in [0, 0.05) is 10.9 Å². The van der Waals surface area contributed by atoms with Crippen LogP contribution in [0.15, 0.2) is 53.4 Å². The molecular weight excluding hydrogens is 498 g/mol. The zero-order valence-corrected chi connectivity index (χ0v) is 19.9. The van der Waals surface area contributed by atoms with Crippen molar-refractivity contribution in [1.82, 2.24) is 4.98 Å². The van der Waals surface area contributed by atoms with Crippen molar-refractivity contribution in [2.75, 3.05) is 19.1 Å². The number of aliphatic hydroxyl groups excluding tert-OH is 1.